The van der Waals surface area contributed by atoms with E-state index in [1.165, 1.54) is 4.57 Å². The zero-order valence-electron chi connectivity index (χ0n) is 16.0. The fourth-order valence-electron chi connectivity index (χ4n) is 4.06. The highest BCUT2D eigenvalue weighted by Crippen LogP contribution is 2.33. The molecule has 1 aliphatic rings. The van der Waals surface area contributed by atoms with Crippen molar-refractivity contribution >= 4 is 10.9 Å². The maximum atomic E-state index is 12.6. The SMILES string of the molecule is CCCCn1c(O)c([C@H]2[NH2+]CCc3c2[nH]c2ccc(OC)cc32)c(=O)[nH]c1=O. The Morgan fingerprint density at radius 3 is 2.89 bits per heavy atom. The van der Waals surface area contributed by atoms with Crippen LogP contribution in [-0.4, -0.2) is 33.3 Å². The standard InChI is InChI=1S/C20H24N4O4/c1-3-4-9-24-19(26)15(18(25)23-20(24)27)17-16-12(7-8-21-17)13-10-11(28-2)5-6-14(13)22-16/h5-6,10,17,21-22,26H,3-4,7-9H2,1-2H3,(H,23,25,27)/p+1/t17-/m1/s1. The van der Waals surface area contributed by atoms with Crippen LogP contribution in [-0.2, 0) is 13.0 Å². The monoisotopic (exact) mass is 385 g/mol. The number of nitrogens with two attached hydrogens (primary N) is 1. The molecule has 0 saturated heterocycles. The van der Waals surface area contributed by atoms with Gasteiger partial charge < -0.3 is 20.1 Å². The molecule has 3 heterocycles. The Morgan fingerprint density at radius 1 is 1.32 bits per heavy atom. The number of ether oxygens (including phenoxy) is 1. The largest absolute Gasteiger partial charge is 0.497 e. The highest BCUT2D eigenvalue weighted by atomic mass is 16.5. The van der Waals surface area contributed by atoms with Crippen LogP contribution in [0, 0.1) is 0 Å². The van der Waals surface area contributed by atoms with E-state index in [-0.39, 0.29) is 11.4 Å². The smallest absolute Gasteiger partial charge is 0.331 e. The fourth-order valence-corrected chi connectivity index (χ4v) is 4.06. The van der Waals surface area contributed by atoms with Gasteiger partial charge in [-0.3, -0.25) is 14.3 Å². The molecule has 0 fully saturated rings. The van der Waals surface area contributed by atoms with Crippen molar-refractivity contribution in [3.05, 3.63) is 55.9 Å². The first-order valence-corrected chi connectivity index (χ1v) is 9.63. The van der Waals surface area contributed by atoms with Crippen molar-refractivity contribution in [1.82, 2.24) is 14.5 Å². The van der Waals surface area contributed by atoms with Gasteiger partial charge in [0, 0.05) is 23.9 Å². The Morgan fingerprint density at radius 2 is 2.14 bits per heavy atom. The lowest BCUT2D eigenvalue weighted by Crippen LogP contribution is -2.87. The molecule has 148 valence electrons. The van der Waals surface area contributed by atoms with Crippen LogP contribution >= 0.6 is 0 Å². The molecule has 5 N–H and O–H groups in total. The minimum atomic E-state index is -0.572. The van der Waals surface area contributed by atoms with Crippen molar-refractivity contribution in [3.8, 4) is 11.6 Å². The molecule has 0 bridgehead atoms. The maximum absolute atomic E-state index is 12.6. The number of hydrogen-bond donors (Lipinski definition) is 4. The first-order valence-electron chi connectivity index (χ1n) is 9.63. The lowest BCUT2D eigenvalue weighted by Gasteiger charge is -2.22. The number of aromatic amines is 2. The van der Waals surface area contributed by atoms with Gasteiger partial charge in [0.25, 0.3) is 5.56 Å². The van der Waals surface area contributed by atoms with Crippen LogP contribution in [0.2, 0.25) is 0 Å². The number of benzene rings is 1. The third-order valence-electron chi connectivity index (χ3n) is 5.51. The summed E-state index contributed by atoms with van der Waals surface area (Å²) in [5.41, 5.74) is 2.07. The van der Waals surface area contributed by atoms with Crippen LogP contribution in [0.25, 0.3) is 10.9 Å². The van der Waals surface area contributed by atoms with Crippen molar-refractivity contribution < 1.29 is 15.2 Å². The molecule has 0 amide bonds. The summed E-state index contributed by atoms with van der Waals surface area (Å²) in [6.45, 7) is 3.15. The van der Waals surface area contributed by atoms with Crippen LogP contribution in [0.1, 0.15) is 42.6 Å². The van der Waals surface area contributed by atoms with E-state index in [1.54, 1.807) is 7.11 Å². The van der Waals surface area contributed by atoms with Crippen molar-refractivity contribution in [3.63, 3.8) is 0 Å². The maximum Gasteiger partial charge on any atom is 0.331 e. The quantitative estimate of drug-likeness (QED) is 0.518. The number of rotatable bonds is 5. The Bertz CT molecular complexity index is 1140. The summed E-state index contributed by atoms with van der Waals surface area (Å²) in [6.07, 6.45) is 2.46. The molecular weight excluding hydrogens is 360 g/mol. The summed E-state index contributed by atoms with van der Waals surface area (Å²) in [5, 5.41) is 13.9. The Labute approximate surface area is 161 Å². The van der Waals surface area contributed by atoms with E-state index in [9.17, 15) is 14.7 Å². The molecule has 2 aromatic heterocycles. The summed E-state index contributed by atoms with van der Waals surface area (Å²) >= 11 is 0. The zero-order chi connectivity index (χ0) is 19.8. The van der Waals surface area contributed by atoms with Crippen molar-refractivity contribution in [2.45, 2.75) is 38.8 Å². The molecular formula is C20H25N4O4+. The van der Waals surface area contributed by atoms with Crippen LogP contribution in [0.5, 0.6) is 11.6 Å². The number of methoxy groups -OCH3 is 1. The summed E-state index contributed by atoms with van der Waals surface area (Å²) < 4.78 is 6.60. The van der Waals surface area contributed by atoms with Gasteiger partial charge in [0.1, 0.15) is 11.3 Å². The van der Waals surface area contributed by atoms with Crippen molar-refractivity contribution in [1.29, 1.82) is 0 Å². The van der Waals surface area contributed by atoms with Gasteiger partial charge in [0.05, 0.1) is 19.3 Å². The molecule has 8 nitrogen and oxygen atoms in total. The second-order valence-corrected chi connectivity index (χ2v) is 7.18. The summed E-state index contributed by atoms with van der Waals surface area (Å²) in [6, 6.07) is 5.42. The topological polar surface area (TPSA) is 117 Å². The Kier molecular flexibility index (Phi) is 4.72. The summed E-state index contributed by atoms with van der Waals surface area (Å²) in [7, 11) is 1.63. The van der Waals surface area contributed by atoms with Crippen LogP contribution in [0.15, 0.2) is 27.8 Å². The fraction of sp³-hybridized carbons (Fsp3) is 0.400. The molecule has 1 aliphatic heterocycles. The van der Waals surface area contributed by atoms with Gasteiger partial charge >= 0.3 is 5.69 Å². The number of fused-ring (bicyclic) bond motifs is 3. The highest BCUT2D eigenvalue weighted by molar-refractivity contribution is 5.86. The third-order valence-corrected chi connectivity index (χ3v) is 5.51. The van der Waals surface area contributed by atoms with E-state index in [0.29, 0.717) is 6.54 Å². The molecule has 1 atom stereocenters. The molecule has 8 heteroatoms. The molecule has 0 radical (unpaired) electrons. The second-order valence-electron chi connectivity index (χ2n) is 7.18. The summed E-state index contributed by atoms with van der Waals surface area (Å²) in [4.78, 5) is 30.6. The van der Waals surface area contributed by atoms with E-state index in [1.807, 2.05) is 30.4 Å². The van der Waals surface area contributed by atoms with Crippen molar-refractivity contribution in [2.24, 2.45) is 0 Å². The Hall–Kier alpha value is -3.00. The molecule has 0 saturated carbocycles. The molecule has 0 unspecified atom stereocenters. The third kappa shape index (κ3) is 2.90. The average Bonchev–Trinajstić information content (AvgIpc) is 3.06. The number of H-pyrrole nitrogens is 2. The normalized spacial score (nSPS) is 16.3. The van der Waals surface area contributed by atoms with Gasteiger partial charge in [-0.05, 0) is 30.2 Å². The first-order chi connectivity index (χ1) is 13.5. The van der Waals surface area contributed by atoms with Crippen molar-refractivity contribution in [2.75, 3.05) is 13.7 Å². The van der Waals surface area contributed by atoms with Crippen LogP contribution in [0.4, 0.5) is 0 Å². The highest BCUT2D eigenvalue weighted by Gasteiger charge is 2.34. The van der Waals surface area contributed by atoms with Gasteiger partial charge in [-0.2, -0.15) is 0 Å². The lowest BCUT2D eigenvalue weighted by molar-refractivity contribution is -0.690. The lowest BCUT2D eigenvalue weighted by atomic mass is 9.95. The molecule has 28 heavy (non-hydrogen) atoms. The van der Waals surface area contributed by atoms with E-state index in [2.05, 4.69) is 9.97 Å². The van der Waals surface area contributed by atoms with E-state index in [0.717, 1.165) is 53.7 Å². The number of aromatic nitrogens is 3. The van der Waals surface area contributed by atoms with Gasteiger partial charge in [-0.1, -0.05) is 13.3 Å². The van der Waals surface area contributed by atoms with E-state index >= 15 is 0 Å². The number of unbranched alkanes of at least 4 members (excludes halogenated alkanes) is 1. The van der Waals surface area contributed by atoms with Gasteiger partial charge in [0.15, 0.2) is 6.04 Å². The van der Waals surface area contributed by atoms with Gasteiger partial charge in [-0.25, -0.2) is 4.79 Å². The van der Waals surface area contributed by atoms with Gasteiger partial charge in [-0.15, -0.1) is 0 Å². The number of nitrogens with one attached hydrogen (secondary N) is 2. The number of hydrogen-bond acceptors (Lipinski definition) is 4. The number of nitrogens with zero attached hydrogens (tertiary/aromatic N) is 1. The summed E-state index contributed by atoms with van der Waals surface area (Å²) in [5.74, 6) is 0.529. The Balaban J connectivity index is 1.89. The predicted molar refractivity (Wildman–Crippen MR) is 105 cm³/mol. The number of quaternary nitrogens is 1. The molecule has 3 aromatic rings. The molecule has 4 rings (SSSR count). The molecule has 1 aromatic carbocycles. The van der Waals surface area contributed by atoms with E-state index < -0.39 is 17.3 Å². The minimum Gasteiger partial charge on any atom is -0.497 e. The second kappa shape index (κ2) is 7.20. The van der Waals surface area contributed by atoms with Gasteiger partial charge in [0.2, 0.25) is 5.88 Å². The van der Waals surface area contributed by atoms with Crippen LogP contribution < -0.4 is 21.3 Å². The predicted octanol–water partition coefficient (Wildman–Crippen LogP) is 0.741. The molecule has 0 aliphatic carbocycles. The zero-order valence-corrected chi connectivity index (χ0v) is 16.0. The molecule has 0 spiro atoms. The first kappa shape index (κ1) is 18.4. The number of aromatic hydroxyl groups is 1. The average molecular weight is 385 g/mol. The van der Waals surface area contributed by atoms with E-state index in [4.69, 9.17) is 4.74 Å². The van der Waals surface area contributed by atoms with Crippen LogP contribution in [0.3, 0.4) is 0 Å². The minimum absolute atomic E-state index is 0.218.